The van der Waals surface area contributed by atoms with Gasteiger partial charge in [-0.2, -0.15) is 0 Å². The van der Waals surface area contributed by atoms with E-state index in [2.05, 4.69) is 10.6 Å². The van der Waals surface area contributed by atoms with E-state index in [1.807, 2.05) is 13.8 Å². The highest BCUT2D eigenvalue weighted by atomic mass is 35.5. The maximum Gasteiger partial charge on any atom is 0.335 e. The Morgan fingerprint density at radius 3 is 2.63 bits per heavy atom. The average molecular weight is 285 g/mol. The molecular weight excluding hydrogens is 268 g/mol. The lowest BCUT2D eigenvalue weighted by atomic mass is 10.2. The molecule has 5 nitrogen and oxygen atoms in total. The van der Waals surface area contributed by atoms with Crippen LogP contribution >= 0.6 is 11.6 Å². The van der Waals surface area contributed by atoms with E-state index in [0.29, 0.717) is 5.69 Å². The lowest BCUT2D eigenvalue weighted by Gasteiger charge is -2.14. The van der Waals surface area contributed by atoms with Crippen molar-refractivity contribution in [3.05, 3.63) is 28.8 Å². The number of anilines is 1. The van der Waals surface area contributed by atoms with Gasteiger partial charge < -0.3 is 15.7 Å². The number of carboxylic acids is 1. The van der Waals surface area contributed by atoms with Gasteiger partial charge in [0.15, 0.2) is 0 Å². The minimum atomic E-state index is -1.09. The van der Waals surface area contributed by atoms with E-state index in [9.17, 15) is 9.59 Å². The van der Waals surface area contributed by atoms with Crippen LogP contribution in [0.5, 0.6) is 0 Å². The van der Waals surface area contributed by atoms with Crippen molar-refractivity contribution in [2.75, 3.05) is 5.32 Å². The number of amides is 2. The molecule has 0 bridgehead atoms. The second kappa shape index (κ2) is 6.99. The number of hydrogen-bond donors (Lipinski definition) is 3. The summed E-state index contributed by atoms with van der Waals surface area (Å²) in [6.45, 7) is 3.94. The third kappa shape index (κ3) is 5.18. The zero-order chi connectivity index (χ0) is 14.4. The van der Waals surface area contributed by atoms with E-state index < -0.39 is 5.97 Å². The molecule has 1 aromatic rings. The van der Waals surface area contributed by atoms with Gasteiger partial charge in [-0.3, -0.25) is 0 Å². The molecule has 0 aromatic heterocycles. The molecule has 104 valence electrons. The molecule has 0 aliphatic carbocycles. The molecule has 19 heavy (non-hydrogen) atoms. The summed E-state index contributed by atoms with van der Waals surface area (Å²) in [5.74, 6) is -1.09. The van der Waals surface area contributed by atoms with Crippen molar-refractivity contribution in [1.82, 2.24) is 5.32 Å². The highest BCUT2D eigenvalue weighted by Gasteiger charge is 2.10. The van der Waals surface area contributed by atoms with Gasteiger partial charge in [-0.1, -0.05) is 24.9 Å². The fraction of sp³-hybridized carbons (Fsp3) is 0.385. The molecule has 0 saturated heterocycles. The van der Waals surface area contributed by atoms with Crippen LogP contribution in [0.4, 0.5) is 10.5 Å². The van der Waals surface area contributed by atoms with Gasteiger partial charge in [0.05, 0.1) is 5.56 Å². The molecule has 6 heteroatoms. The number of carboxylic acid groups (broad SMARTS) is 1. The minimum Gasteiger partial charge on any atom is -0.478 e. The molecule has 2 amide bonds. The van der Waals surface area contributed by atoms with E-state index >= 15 is 0 Å². The first kappa shape index (κ1) is 15.3. The summed E-state index contributed by atoms with van der Waals surface area (Å²) >= 11 is 5.80. The fourth-order valence-corrected chi connectivity index (χ4v) is 1.92. The van der Waals surface area contributed by atoms with Crippen LogP contribution in [0, 0.1) is 0 Å². The smallest absolute Gasteiger partial charge is 0.335 e. The summed E-state index contributed by atoms with van der Waals surface area (Å²) in [7, 11) is 0. The van der Waals surface area contributed by atoms with Gasteiger partial charge in [-0.15, -0.1) is 0 Å². The zero-order valence-corrected chi connectivity index (χ0v) is 11.6. The van der Waals surface area contributed by atoms with E-state index in [0.717, 1.165) is 12.8 Å². The second-order valence-electron chi connectivity index (χ2n) is 4.32. The predicted molar refractivity (Wildman–Crippen MR) is 74.9 cm³/mol. The summed E-state index contributed by atoms with van der Waals surface area (Å²) in [4.78, 5) is 22.5. The third-order valence-electron chi connectivity index (χ3n) is 2.50. The highest BCUT2D eigenvalue weighted by molar-refractivity contribution is 6.31. The minimum absolute atomic E-state index is 0.0319. The second-order valence-corrected chi connectivity index (χ2v) is 4.76. The maximum absolute atomic E-state index is 11.7. The summed E-state index contributed by atoms with van der Waals surface area (Å²) in [6.07, 6.45) is 1.85. The summed E-state index contributed by atoms with van der Waals surface area (Å²) in [5.41, 5.74) is 0.385. The first-order valence-corrected chi connectivity index (χ1v) is 6.41. The predicted octanol–water partition coefficient (Wildman–Crippen LogP) is 3.35. The van der Waals surface area contributed by atoms with Gasteiger partial charge in [0.2, 0.25) is 0 Å². The molecule has 1 atom stereocenters. The Kier molecular flexibility index (Phi) is 5.63. The van der Waals surface area contributed by atoms with E-state index in [4.69, 9.17) is 16.7 Å². The number of carbonyl (C=O) groups excluding carboxylic acids is 1. The molecular formula is C13H17ClN2O3. The van der Waals surface area contributed by atoms with Crippen molar-refractivity contribution in [2.45, 2.75) is 32.7 Å². The topological polar surface area (TPSA) is 78.4 Å². The number of benzene rings is 1. The Morgan fingerprint density at radius 2 is 2.05 bits per heavy atom. The molecule has 0 fully saturated rings. The van der Waals surface area contributed by atoms with E-state index in [-0.39, 0.29) is 22.7 Å². The van der Waals surface area contributed by atoms with Gasteiger partial charge in [-0.25, -0.2) is 9.59 Å². The quantitative estimate of drug-likeness (QED) is 0.776. The van der Waals surface area contributed by atoms with E-state index in [1.165, 1.54) is 18.2 Å². The van der Waals surface area contributed by atoms with Crippen LogP contribution in [-0.4, -0.2) is 23.1 Å². The molecule has 0 spiro atoms. The van der Waals surface area contributed by atoms with Crippen molar-refractivity contribution in [3.8, 4) is 0 Å². The zero-order valence-electron chi connectivity index (χ0n) is 10.9. The average Bonchev–Trinajstić information content (AvgIpc) is 2.27. The first-order chi connectivity index (χ1) is 8.92. The van der Waals surface area contributed by atoms with Crippen LogP contribution in [-0.2, 0) is 0 Å². The molecule has 1 unspecified atom stereocenters. The maximum atomic E-state index is 11.7. The van der Waals surface area contributed by atoms with Crippen LogP contribution in [0.1, 0.15) is 37.0 Å². The van der Waals surface area contributed by atoms with Gasteiger partial charge in [-0.05, 0) is 31.5 Å². The summed E-state index contributed by atoms with van der Waals surface area (Å²) in [6, 6.07) is 3.87. The SMILES string of the molecule is CCCC(C)NC(=O)Nc1cc(Cl)cc(C(=O)O)c1. The number of halogens is 1. The molecule has 0 heterocycles. The lowest BCUT2D eigenvalue weighted by molar-refractivity contribution is 0.0697. The number of hydrogen-bond acceptors (Lipinski definition) is 2. The van der Waals surface area contributed by atoms with Gasteiger partial charge in [0, 0.05) is 16.8 Å². The van der Waals surface area contributed by atoms with Crippen molar-refractivity contribution < 1.29 is 14.7 Å². The molecule has 0 saturated carbocycles. The standard InChI is InChI=1S/C13H17ClN2O3/c1-3-4-8(2)15-13(19)16-11-6-9(12(17)18)5-10(14)7-11/h5-8H,3-4H2,1-2H3,(H,17,18)(H2,15,16,19). The molecule has 0 aliphatic heterocycles. The highest BCUT2D eigenvalue weighted by Crippen LogP contribution is 2.19. The lowest BCUT2D eigenvalue weighted by Crippen LogP contribution is -2.35. The number of rotatable bonds is 5. The number of aromatic carboxylic acids is 1. The van der Waals surface area contributed by atoms with Crippen molar-refractivity contribution >= 4 is 29.3 Å². The molecule has 0 radical (unpaired) electrons. The summed E-state index contributed by atoms with van der Waals surface area (Å²) < 4.78 is 0. The van der Waals surface area contributed by atoms with Crippen molar-refractivity contribution in [2.24, 2.45) is 0 Å². The normalized spacial score (nSPS) is 11.7. The van der Waals surface area contributed by atoms with Gasteiger partial charge >= 0.3 is 12.0 Å². The van der Waals surface area contributed by atoms with Crippen LogP contribution in [0.25, 0.3) is 0 Å². The molecule has 1 rings (SSSR count). The van der Waals surface area contributed by atoms with Crippen LogP contribution in [0.15, 0.2) is 18.2 Å². The molecule has 3 N–H and O–H groups in total. The molecule has 1 aromatic carbocycles. The van der Waals surface area contributed by atoms with Crippen molar-refractivity contribution in [3.63, 3.8) is 0 Å². The Morgan fingerprint density at radius 1 is 1.37 bits per heavy atom. The van der Waals surface area contributed by atoms with Crippen LogP contribution in [0.2, 0.25) is 5.02 Å². The van der Waals surface area contributed by atoms with Gasteiger partial charge in [0.1, 0.15) is 0 Å². The van der Waals surface area contributed by atoms with Crippen LogP contribution < -0.4 is 10.6 Å². The summed E-state index contributed by atoms with van der Waals surface area (Å²) in [5, 5.41) is 14.5. The number of urea groups is 1. The Balaban J connectivity index is 2.71. The Bertz CT molecular complexity index is 477. The number of nitrogens with one attached hydrogen (secondary N) is 2. The first-order valence-electron chi connectivity index (χ1n) is 6.03. The Hall–Kier alpha value is -1.75. The monoisotopic (exact) mass is 284 g/mol. The third-order valence-corrected chi connectivity index (χ3v) is 2.72. The van der Waals surface area contributed by atoms with Gasteiger partial charge in [0.25, 0.3) is 0 Å². The largest absolute Gasteiger partial charge is 0.478 e. The molecule has 0 aliphatic rings. The van der Waals surface area contributed by atoms with Crippen LogP contribution in [0.3, 0.4) is 0 Å². The fourth-order valence-electron chi connectivity index (χ4n) is 1.68. The Labute approximate surface area is 117 Å². The number of carbonyl (C=O) groups is 2. The van der Waals surface area contributed by atoms with Crippen molar-refractivity contribution in [1.29, 1.82) is 0 Å². The van der Waals surface area contributed by atoms with E-state index in [1.54, 1.807) is 0 Å².